The zero-order valence-electron chi connectivity index (χ0n) is 5.13. The summed E-state index contributed by atoms with van der Waals surface area (Å²) < 4.78 is 0. The lowest BCUT2D eigenvalue weighted by Crippen LogP contribution is -2.13. The SMILES string of the molecule is O=C1CCCC(=NO)C1. The molecule has 3 nitrogen and oxygen atoms in total. The quantitative estimate of drug-likeness (QED) is 0.389. The number of oxime groups is 1. The van der Waals surface area contributed by atoms with Crippen LogP contribution in [0.2, 0.25) is 0 Å². The summed E-state index contributed by atoms with van der Waals surface area (Å²) in [6, 6.07) is 0. The fourth-order valence-corrected chi connectivity index (χ4v) is 0.979. The number of hydrogen-bond donors (Lipinski definition) is 1. The molecule has 9 heavy (non-hydrogen) atoms. The van der Waals surface area contributed by atoms with Gasteiger partial charge in [-0.1, -0.05) is 5.16 Å². The molecule has 0 spiro atoms. The fraction of sp³-hybridized carbons (Fsp3) is 0.667. The van der Waals surface area contributed by atoms with Gasteiger partial charge in [-0.25, -0.2) is 0 Å². The second-order valence-corrected chi connectivity index (χ2v) is 2.24. The highest BCUT2D eigenvalue weighted by atomic mass is 16.4. The molecular formula is C6H9NO2. The van der Waals surface area contributed by atoms with Crippen molar-refractivity contribution in [3.05, 3.63) is 0 Å². The summed E-state index contributed by atoms with van der Waals surface area (Å²) in [7, 11) is 0. The Kier molecular flexibility index (Phi) is 1.82. The van der Waals surface area contributed by atoms with E-state index in [0.717, 1.165) is 12.8 Å². The zero-order chi connectivity index (χ0) is 6.69. The summed E-state index contributed by atoms with van der Waals surface area (Å²) in [5, 5.41) is 11.2. The normalized spacial score (nSPS) is 24.9. The van der Waals surface area contributed by atoms with Crippen LogP contribution in [0.15, 0.2) is 5.16 Å². The summed E-state index contributed by atoms with van der Waals surface area (Å²) >= 11 is 0. The lowest BCUT2D eigenvalue weighted by Gasteiger charge is -2.08. The van der Waals surface area contributed by atoms with Crippen LogP contribution in [-0.2, 0) is 4.79 Å². The van der Waals surface area contributed by atoms with E-state index in [1.807, 2.05) is 0 Å². The lowest BCUT2D eigenvalue weighted by molar-refractivity contribution is -0.118. The van der Waals surface area contributed by atoms with E-state index in [2.05, 4.69) is 5.16 Å². The van der Waals surface area contributed by atoms with Crippen LogP contribution in [-0.4, -0.2) is 16.7 Å². The zero-order valence-corrected chi connectivity index (χ0v) is 5.13. The van der Waals surface area contributed by atoms with Crippen LogP contribution in [0.25, 0.3) is 0 Å². The van der Waals surface area contributed by atoms with Crippen molar-refractivity contribution in [3.8, 4) is 0 Å². The topological polar surface area (TPSA) is 49.7 Å². The highest BCUT2D eigenvalue weighted by Gasteiger charge is 2.13. The Balaban J connectivity index is 2.51. The fourth-order valence-electron chi connectivity index (χ4n) is 0.979. The molecule has 3 heteroatoms. The molecular weight excluding hydrogens is 118 g/mol. The van der Waals surface area contributed by atoms with Crippen molar-refractivity contribution in [3.63, 3.8) is 0 Å². The van der Waals surface area contributed by atoms with E-state index < -0.39 is 0 Å². The van der Waals surface area contributed by atoms with E-state index in [1.54, 1.807) is 0 Å². The van der Waals surface area contributed by atoms with Crippen LogP contribution >= 0.6 is 0 Å². The minimum atomic E-state index is 0.189. The highest BCUT2D eigenvalue weighted by Crippen LogP contribution is 2.10. The third-order valence-corrected chi connectivity index (χ3v) is 1.46. The molecule has 1 N–H and O–H groups in total. The summed E-state index contributed by atoms with van der Waals surface area (Å²) in [5.41, 5.74) is 0.631. The summed E-state index contributed by atoms with van der Waals surface area (Å²) in [6.07, 6.45) is 2.63. The number of carbonyl (C=O) groups is 1. The molecule has 0 atom stereocenters. The number of hydrogen-bond acceptors (Lipinski definition) is 3. The van der Waals surface area contributed by atoms with Crippen LogP contribution in [0.5, 0.6) is 0 Å². The minimum absolute atomic E-state index is 0.189. The van der Waals surface area contributed by atoms with Gasteiger partial charge in [-0.2, -0.15) is 0 Å². The molecule has 0 aromatic carbocycles. The standard InChI is InChI=1S/C6H9NO2/c8-6-3-1-2-5(4-6)7-9/h9H,1-4H2. The van der Waals surface area contributed by atoms with Crippen molar-refractivity contribution < 1.29 is 10.0 Å². The average Bonchev–Trinajstić information content (AvgIpc) is 1.88. The molecule has 0 unspecified atom stereocenters. The van der Waals surface area contributed by atoms with Gasteiger partial charge in [0, 0.05) is 12.8 Å². The van der Waals surface area contributed by atoms with E-state index in [-0.39, 0.29) is 5.78 Å². The third-order valence-electron chi connectivity index (χ3n) is 1.46. The van der Waals surface area contributed by atoms with Crippen LogP contribution < -0.4 is 0 Å². The molecule has 0 aromatic rings. The number of rotatable bonds is 0. The Morgan fingerprint density at radius 3 is 2.67 bits per heavy atom. The van der Waals surface area contributed by atoms with Crippen LogP contribution in [0.1, 0.15) is 25.7 Å². The molecule has 0 bridgehead atoms. The van der Waals surface area contributed by atoms with Crippen molar-refractivity contribution in [1.82, 2.24) is 0 Å². The molecule has 1 rings (SSSR count). The van der Waals surface area contributed by atoms with E-state index in [9.17, 15) is 4.79 Å². The summed E-state index contributed by atoms with van der Waals surface area (Å²) in [6.45, 7) is 0. The predicted octanol–water partition coefficient (Wildman–Crippen LogP) is 0.960. The predicted molar refractivity (Wildman–Crippen MR) is 32.7 cm³/mol. The average molecular weight is 127 g/mol. The van der Waals surface area contributed by atoms with Crippen LogP contribution in [0.3, 0.4) is 0 Å². The maximum atomic E-state index is 10.6. The Hall–Kier alpha value is -0.860. The molecule has 1 fully saturated rings. The van der Waals surface area contributed by atoms with Gasteiger partial charge in [0.25, 0.3) is 0 Å². The lowest BCUT2D eigenvalue weighted by atomic mass is 9.98. The van der Waals surface area contributed by atoms with E-state index in [1.165, 1.54) is 0 Å². The van der Waals surface area contributed by atoms with Crippen LogP contribution in [0, 0.1) is 0 Å². The van der Waals surface area contributed by atoms with Gasteiger partial charge < -0.3 is 5.21 Å². The maximum absolute atomic E-state index is 10.6. The second kappa shape index (κ2) is 2.62. The molecule has 0 heterocycles. The van der Waals surface area contributed by atoms with Crippen molar-refractivity contribution in [2.45, 2.75) is 25.7 Å². The van der Waals surface area contributed by atoms with Gasteiger partial charge in [-0.3, -0.25) is 4.79 Å². The number of carbonyl (C=O) groups excluding carboxylic acids is 1. The molecule has 1 aliphatic carbocycles. The van der Waals surface area contributed by atoms with Crippen molar-refractivity contribution in [2.24, 2.45) is 5.16 Å². The number of Topliss-reactive ketones (excluding diaryl/α,β-unsaturated/α-hetero) is 1. The largest absolute Gasteiger partial charge is 0.411 e. The van der Waals surface area contributed by atoms with Crippen LogP contribution in [0.4, 0.5) is 0 Å². The van der Waals surface area contributed by atoms with Gasteiger partial charge in [-0.05, 0) is 12.8 Å². The van der Waals surface area contributed by atoms with Crippen molar-refractivity contribution >= 4 is 11.5 Å². The van der Waals surface area contributed by atoms with Crippen molar-refractivity contribution in [2.75, 3.05) is 0 Å². The number of ketones is 1. The van der Waals surface area contributed by atoms with E-state index in [0.29, 0.717) is 18.6 Å². The molecule has 0 amide bonds. The molecule has 0 radical (unpaired) electrons. The van der Waals surface area contributed by atoms with Crippen molar-refractivity contribution in [1.29, 1.82) is 0 Å². The third kappa shape index (κ3) is 1.52. The second-order valence-electron chi connectivity index (χ2n) is 2.24. The monoisotopic (exact) mass is 127 g/mol. The molecule has 50 valence electrons. The van der Waals surface area contributed by atoms with Gasteiger partial charge >= 0.3 is 0 Å². The summed E-state index contributed by atoms with van der Waals surface area (Å²) in [4.78, 5) is 10.6. The molecule has 1 saturated carbocycles. The van der Waals surface area contributed by atoms with Gasteiger partial charge in [0.15, 0.2) is 0 Å². The molecule has 0 aliphatic heterocycles. The molecule has 0 aromatic heterocycles. The number of nitrogens with zero attached hydrogens (tertiary/aromatic N) is 1. The Morgan fingerprint density at radius 1 is 1.44 bits per heavy atom. The first-order valence-corrected chi connectivity index (χ1v) is 3.04. The van der Waals surface area contributed by atoms with E-state index >= 15 is 0 Å². The first kappa shape index (κ1) is 6.26. The first-order chi connectivity index (χ1) is 4.33. The van der Waals surface area contributed by atoms with E-state index in [4.69, 9.17) is 5.21 Å². The van der Waals surface area contributed by atoms with Gasteiger partial charge in [0.05, 0.1) is 5.71 Å². The van der Waals surface area contributed by atoms with Gasteiger partial charge in [0.1, 0.15) is 5.78 Å². The smallest absolute Gasteiger partial charge is 0.138 e. The Bertz CT molecular complexity index is 151. The molecule has 1 aliphatic rings. The minimum Gasteiger partial charge on any atom is -0.411 e. The van der Waals surface area contributed by atoms with Gasteiger partial charge in [0.2, 0.25) is 0 Å². The maximum Gasteiger partial charge on any atom is 0.138 e. The highest BCUT2D eigenvalue weighted by molar-refractivity contribution is 6.03. The first-order valence-electron chi connectivity index (χ1n) is 3.04. The Morgan fingerprint density at radius 2 is 2.22 bits per heavy atom. The Labute approximate surface area is 53.4 Å². The van der Waals surface area contributed by atoms with Gasteiger partial charge in [-0.15, -0.1) is 0 Å². The molecule has 0 saturated heterocycles. The summed E-state index contributed by atoms with van der Waals surface area (Å²) in [5.74, 6) is 0.189.